The lowest BCUT2D eigenvalue weighted by Gasteiger charge is -2.33. The molecular weight excluding hydrogens is 236 g/mol. The van der Waals surface area contributed by atoms with Gasteiger partial charge in [0.2, 0.25) is 0 Å². The molecule has 0 amide bonds. The first-order valence-corrected chi connectivity index (χ1v) is 6.49. The summed E-state index contributed by atoms with van der Waals surface area (Å²) in [5.74, 6) is 0.882. The number of phenolic OH excluding ortho intramolecular Hbond substituents is 2. The van der Waals surface area contributed by atoms with Gasteiger partial charge < -0.3 is 10.2 Å². The maximum absolute atomic E-state index is 9.38. The summed E-state index contributed by atoms with van der Waals surface area (Å²) in [6.45, 7) is 6.56. The number of aromatic hydroxyl groups is 2. The van der Waals surface area contributed by atoms with Crippen LogP contribution >= 0.6 is 0 Å². The van der Waals surface area contributed by atoms with Crippen LogP contribution in [0.15, 0.2) is 48.5 Å². The van der Waals surface area contributed by atoms with Crippen molar-refractivity contribution in [3.8, 4) is 11.5 Å². The second kappa shape index (κ2) is 4.96. The van der Waals surface area contributed by atoms with Gasteiger partial charge in [-0.25, -0.2) is 0 Å². The van der Waals surface area contributed by atoms with Gasteiger partial charge in [-0.1, -0.05) is 45.0 Å². The van der Waals surface area contributed by atoms with Gasteiger partial charge in [-0.05, 0) is 46.7 Å². The molecule has 0 aliphatic heterocycles. The molecular formula is C17H20O2. The van der Waals surface area contributed by atoms with E-state index < -0.39 is 0 Å². The van der Waals surface area contributed by atoms with E-state index in [-0.39, 0.29) is 11.2 Å². The molecule has 0 bridgehead atoms. The van der Waals surface area contributed by atoms with Crippen molar-refractivity contribution in [2.75, 3.05) is 0 Å². The normalized spacial score (nSPS) is 13.2. The highest BCUT2D eigenvalue weighted by Crippen LogP contribution is 2.39. The lowest BCUT2D eigenvalue weighted by molar-refractivity contribution is 0.432. The third kappa shape index (κ3) is 2.73. The quantitative estimate of drug-likeness (QED) is 0.865. The molecule has 0 radical (unpaired) electrons. The molecule has 0 fully saturated rings. The van der Waals surface area contributed by atoms with Gasteiger partial charge in [-0.15, -0.1) is 0 Å². The minimum Gasteiger partial charge on any atom is -0.508 e. The fourth-order valence-electron chi connectivity index (χ4n) is 2.32. The second-order valence-electron chi connectivity index (χ2n) is 5.58. The Morgan fingerprint density at radius 2 is 1.21 bits per heavy atom. The first kappa shape index (κ1) is 13.5. The maximum atomic E-state index is 9.38. The zero-order valence-electron chi connectivity index (χ0n) is 11.6. The zero-order chi connectivity index (χ0) is 14.0. The summed E-state index contributed by atoms with van der Waals surface area (Å²) in [5.41, 5.74) is 2.33. The van der Waals surface area contributed by atoms with Crippen LogP contribution in [-0.2, 0) is 5.41 Å². The Bertz CT molecular complexity index is 538. The minimum absolute atomic E-state index is 0.0509. The van der Waals surface area contributed by atoms with Crippen LogP contribution in [0.1, 0.15) is 37.8 Å². The lowest BCUT2D eigenvalue weighted by Crippen LogP contribution is -2.24. The highest BCUT2D eigenvalue weighted by Gasteiger charge is 2.29. The van der Waals surface area contributed by atoms with Gasteiger partial charge in [0.05, 0.1) is 0 Å². The molecule has 100 valence electrons. The van der Waals surface area contributed by atoms with E-state index in [1.54, 1.807) is 24.3 Å². The van der Waals surface area contributed by atoms with Crippen molar-refractivity contribution in [2.24, 2.45) is 0 Å². The third-order valence-electron chi connectivity index (χ3n) is 4.09. The molecule has 2 nitrogen and oxygen atoms in total. The number of phenols is 2. The Morgan fingerprint density at radius 3 is 1.68 bits per heavy atom. The fourth-order valence-corrected chi connectivity index (χ4v) is 2.32. The van der Waals surface area contributed by atoms with Crippen LogP contribution in [-0.4, -0.2) is 10.2 Å². The summed E-state index contributed by atoms with van der Waals surface area (Å²) in [6, 6.07) is 14.7. The molecule has 1 atom stereocenters. The highest BCUT2D eigenvalue weighted by atomic mass is 16.3. The van der Waals surface area contributed by atoms with Crippen LogP contribution in [0.25, 0.3) is 0 Å². The molecule has 0 saturated heterocycles. The summed E-state index contributed by atoms with van der Waals surface area (Å²) in [6.07, 6.45) is 0. The van der Waals surface area contributed by atoms with Gasteiger partial charge >= 0.3 is 0 Å². The number of benzene rings is 2. The lowest BCUT2D eigenvalue weighted by atomic mass is 9.71. The molecule has 2 aromatic carbocycles. The van der Waals surface area contributed by atoms with E-state index in [1.165, 1.54) is 11.1 Å². The van der Waals surface area contributed by atoms with Crippen molar-refractivity contribution in [1.29, 1.82) is 0 Å². The first-order valence-electron chi connectivity index (χ1n) is 6.49. The molecule has 2 heteroatoms. The summed E-state index contributed by atoms with van der Waals surface area (Å²) in [4.78, 5) is 0. The number of rotatable bonds is 3. The van der Waals surface area contributed by atoms with Crippen molar-refractivity contribution in [3.05, 3.63) is 59.7 Å². The average molecular weight is 256 g/mol. The van der Waals surface area contributed by atoms with Crippen molar-refractivity contribution in [2.45, 2.75) is 32.1 Å². The van der Waals surface area contributed by atoms with Crippen molar-refractivity contribution in [1.82, 2.24) is 0 Å². The Labute approximate surface area is 114 Å². The first-order chi connectivity index (χ1) is 8.91. The summed E-state index contributed by atoms with van der Waals surface area (Å²) in [5, 5.41) is 18.7. The fraction of sp³-hybridized carbons (Fsp3) is 0.294. The van der Waals surface area contributed by atoms with Crippen molar-refractivity contribution >= 4 is 0 Å². The van der Waals surface area contributed by atoms with Crippen LogP contribution in [0.4, 0.5) is 0 Å². The molecule has 0 aliphatic rings. The largest absolute Gasteiger partial charge is 0.508 e. The molecule has 0 saturated carbocycles. The van der Waals surface area contributed by atoms with Crippen LogP contribution < -0.4 is 0 Å². The molecule has 0 unspecified atom stereocenters. The Balaban J connectivity index is 2.32. The van der Waals surface area contributed by atoms with Gasteiger partial charge in [0.15, 0.2) is 0 Å². The molecule has 0 aliphatic carbocycles. The Kier molecular flexibility index (Phi) is 3.52. The summed E-state index contributed by atoms with van der Waals surface area (Å²) < 4.78 is 0. The second-order valence-corrected chi connectivity index (χ2v) is 5.58. The van der Waals surface area contributed by atoms with Crippen molar-refractivity contribution in [3.63, 3.8) is 0 Å². The van der Waals surface area contributed by atoms with Gasteiger partial charge in [0.25, 0.3) is 0 Å². The van der Waals surface area contributed by atoms with Gasteiger partial charge in [0, 0.05) is 0 Å². The van der Waals surface area contributed by atoms with E-state index in [0.717, 1.165) is 0 Å². The SMILES string of the molecule is C[C@H](c1ccc(O)cc1)C(C)(C)c1ccc(O)cc1. The standard InChI is InChI=1S/C17H20O2/c1-12(13-4-8-15(18)9-5-13)17(2,3)14-6-10-16(19)11-7-14/h4-12,18-19H,1-3H3/t12-/m1/s1. The van der Waals surface area contributed by atoms with E-state index in [9.17, 15) is 10.2 Å². The van der Waals surface area contributed by atoms with Crippen molar-refractivity contribution < 1.29 is 10.2 Å². The van der Waals surface area contributed by atoms with E-state index >= 15 is 0 Å². The number of hydrogen-bond donors (Lipinski definition) is 2. The Morgan fingerprint density at radius 1 is 0.789 bits per heavy atom. The van der Waals surface area contributed by atoms with Crippen LogP contribution in [0.5, 0.6) is 11.5 Å². The molecule has 2 aromatic rings. The summed E-state index contributed by atoms with van der Waals surface area (Å²) >= 11 is 0. The molecule has 0 heterocycles. The van der Waals surface area contributed by atoms with Crippen LogP contribution in [0.3, 0.4) is 0 Å². The maximum Gasteiger partial charge on any atom is 0.115 e. The predicted octanol–water partition coefficient (Wildman–Crippen LogP) is 4.18. The third-order valence-corrected chi connectivity index (χ3v) is 4.09. The van der Waals surface area contributed by atoms with E-state index in [2.05, 4.69) is 20.8 Å². The van der Waals surface area contributed by atoms with E-state index in [1.807, 2.05) is 24.3 Å². The molecule has 2 rings (SSSR count). The molecule has 2 N–H and O–H groups in total. The van der Waals surface area contributed by atoms with Gasteiger partial charge in [0.1, 0.15) is 11.5 Å². The Hall–Kier alpha value is -1.96. The topological polar surface area (TPSA) is 40.5 Å². The van der Waals surface area contributed by atoms with Gasteiger partial charge in [-0.3, -0.25) is 0 Å². The monoisotopic (exact) mass is 256 g/mol. The predicted molar refractivity (Wildman–Crippen MR) is 77.7 cm³/mol. The molecule has 0 aromatic heterocycles. The zero-order valence-corrected chi connectivity index (χ0v) is 11.6. The average Bonchev–Trinajstić information content (AvgIpc) is 2.39. The smallest absolute Gasteiger partial charge is 0.115 e. The molecule has 19 heavy (non-hydrogen) atoms. The van der Waals surface area contributed by atoms with Crippen LogP contribution in [0.2, 0.25) is 0 Å². The van der Waals surface area contributed by atoms with E-state index in [0.29, 0.717) is 11.7 Å². The summed E-state index contributed by atoms with van der Waals surface area (Å²) in [7, 11) is 0. The van der Waals surface area contributed by atoms with E-state index in [4.69, 9.17) is 0 Å². The minimum atomic E-state index is -0.0509. The van der Waals surface area contributed by atoms with Gasteiger partial charge in [-0.2, -0.15) is 0 Å². The van der Waals surface area contributed by atoms with Crippen LogP contribution in [0, 0.1) is 0 Å². The highest BCUT2D eigenvalue weighted by molar-refractivity contribution is 5.36. The molecule has 0 spiro atoms. The number of hydrogen-bond acceptors (Lipinski definition) is 2.